The van der Waals surface area contributed by atoms with Crippen LogP contribution >= 0.6 is 0 Å². The lowest BCUT2D eigenvalue weighted by Gasteiger charge is -2.33. The zero-order valence-corrected chi connectivity index (χ0v) is 16.7. The van der Waals surface area contributed by atoms with Crippen LogP contribution in [0.25, 0.3) is 0 Å². The number of nitrogens with zero attached hydrogens (tertiary/aromatic N) is 1. The molecule has 0 bridgehead atoms. The largest absolute Gasteiger partial charge is 0.466 e. The van der Waals surface area contributed by atoms with Crippen LogP contribution in [0.5, 0.6) is 0 Å². The highest BCUT2D eigenvalue weighted by molar-refractivity contribution is 5.70. The zero-order chi connectivity index (χ0) is 19.7. The fraction of sp³-hybridized carbons (Fsp3) is 0.889. The predicted octanol–water partition coefficient (Wildman–Crippen LogP) is 2.44. The number of carbonyl (C=O) groups excluding carboxylic acids is 2. The van der Waals surface area contributed by atoms with E-state index < -0.39 is 42.0 Å². The molecule has 8 heteroatoms. The van der Waals surface area contributed by atoms with Gasteiger partial charge in [0.1, 0.15) is 11.7 Å². The van der Waals surface area contributed by atoms with Crippen molar-refractivity contribution in [2.24, 2.45) is 0 Å². The van der Waals surface area contributed by atoms with Gasteiger partial charge in [0, 0.05) is 13.5 Å². The number of hydrogen-bond acceptors (Lipinski definition) is 7. The Kier molecular flexibility index (Phi) is 6.20. The van der Waals surface area contributed by atoms with Gasteiger partial charge >= 0.3 is 12.1 Å². The van der Waals surface area contributed by atoms with E-state index in [1.165, 1.54) is 4.90 Å². The minimum absolute atomic E-state index is 0.194. The summed E-state index contributed by atoms with van der Waals surface area (Å²) in [5, 5.41) is 0. The molecule has 0 N–H and O–H groups in total. The first-order valence-electron chi connectivity index (χ1n) is 9.06. The Labute approximate surface area is 155 Å². The van der Waals surface area contributed by atoms with Crippen LogP contribution in [0.2, 0.25) is 0 Å². The molecule has 0 spiro atoms. The van der Waals surface area contributed by atoms with Gasteiger partial charge in [0.15, 0.2) is 12.1 Å². The lowest BCUT2D eigenvalue weighted by molar-refractivity contribution is -0.211. The van der Waals surface area contributed by atoms with Crippen LogP contribution in [-0.2, 0) is 28.5 Å². The first kappa shape index (κ1) is 20.9. The number of fused-ring (bicyclic) bond motifs is 1. The predicted molar refractivity (Wildman–Crippen MR) is 92.4 cm³/mol. The van der Waals surface area contributed by atoms with Crippen molar-refractivity contribution in [3.63, 3.8) is 0 Å². The van der Waals surface area contributed by atoms with Gasteiger partial charge in [0.2, 0.25) is 0 Å². The molecule has 2 rings (SSSR count). The van der Waals surface area contributed by atoms with E-state index in [2.05, 4.69) is 0 Å². The van der Waals surface area contributed by atoms with E-state index in [4.69, 9.17) is 23.7 Å². The summed E-state index contributed by atoms with van der Waals surface area (Å²) in [5.41, 5.74) is -0.614. The number of amides is 1. The van der Waals surface area contributed by atoms with Crippen LogP contribution in [0.3, 0.4) is 0 Å². The zero-order valence-electron chi connectivity index (χ0n) is 16.7. The summed E-state index contributed by atoms with van der Waals surface area (Å²) in [4.78, 5) is 25.7. The summed E-state index contributed by atoms with van der Waals surface area (Å²) in [5.74, 6) is -1.09. The molecule has 0 radical (unpaired) electrons. The van der Waals surface area contributed by atoms with E-state index in [9.17, 15) is 9.59 Å². The van der Waals surface area contributed by atoms with E-state index in [0.717, 1.165) is 0 Å². The maximum absolute atomic E-state index is 12.5. The summed E-state index contributed by atoms with van der Waals surface area (Å²) >= 11 is 0. The second-order valence-electron chi connectivity index (χ2n) is 8.07. The molecule has 0 aromatic carbocycles. The van der Waals surface area contributed by atoms with Crippen LogP contribution in [-0.4, -0.2) is 66.5 Å². The third kappa shape index (κ3) is 5.08. The maximum Gasteiger partial charge on any atom is 0.410 e. The molecule has 0 unspecified atom stereocenters. The summed E-state index contributed by atoms with van der Waals surface area (Å²) in [7, 11) is 1.65. The smallest absolute Gasteiger partial charge is 0.410 e. The van der Waals surface area contributed by atoms with Gasteiger partial charge in [-0.1, -0.05) is 0 Å². The molecule has 2 heterocycles. The van der Waals surface area contributed by atoms with E-state index >= 15 is 0 Å². The number of likely N-dealkylation sites (N-methyl/N-ethyl adjacent to an activating group) is 1. The molecule has 0 aromatic heterocycles. The number of carbonyl (C=O) groups is 2. The van der Waals surface area contributed by atoms with Gasteiger partial charge in [0.05, 0.1) is 18.8 Å². The van der Waals surface area contributed by atoms with E-state index in [-0.39, 0.29) is 12.4 Å². The topological polar surface area (TPSA) is 83.5 Å². The molecular weight excluding hydrogens is 342 g/mol. The quantitative estimate of drug-likeness (QED) is 0.684. The number of rotatable bonds is 5. The highest BCUT2D eigenvalue weighted by Gasteiger charge is 2.56. The molecule has 4 atom stereocenters. The Balaban J connectivity index is 2.12. The molecule has 1 amide bonds. The standard InChI is InChI=1S/C18H31NO7/c1-8-22-12(20)10-9-11-13(19(7)16(21)26-17(2,3)4)14-15(23-11)25-18(5,6)24-14/h11,13-15H,8-10H2,1-7H3/t11-,13+,14-,15-/m1/s1. The molecule has 0 aliphatic carbocycles. The van der Waals surface area contributed by atoms with Gasteiger partial charge in [-0.15, -0.1) is 0 Å². The number of ether oxygens (including phenoxy) is 5. The Morgan fingerprint density at radius 1 is 1.19 bits per heavy atom. The van der Waals surface area contributed by atoms with E-state index in [1.54, 1.807) is 27.8 Å². The van der Waals surface area contributed by atoms with Crippen molar-refractivity contribution in [3.05, 3.63) is 0 Å². The Morgan fingerprint density at radius 2 is 1.85 bits per heavy atom. The minimum atomic E-state index is -0.797. The highest BCUT2D eigenvalue weighted by Crippen LogP contribution is 2.40. The van der Waals surface area contributed by atoms with Crippen molar-refractivity contribution >= 4 is 12.1 Å². The van der Waals surface area contributed by atoms with Crippen LogP contribution in [0.15, 0.2) is 0 Å². The molecule has 2 fully saturated rings. The fourth-order valence-corrected chi connectivity index (χ4v) is 3.22. The lowest BCUT2D eigenvalue weighted by atomic mass is 10.0. The van der Waals surface area contributed by atoms with Crippen molar-refractivity contribution in [1.82, 2.24) is 4.90 Å². The van der Waals surface area contributed by atoms with Gasteiger partial charge in [0.25, 0.3) is 0 Å². The second kappa shape index (κ2) is 7.70. The average Bonchev–Trinajstić information content (AvgIpc) is 2.94. The molecule has 150 valence electrons. The van der Waals surface area contributed by atoms with Crippen molar-refractivity contribution in [3.8, 4) is 0 Å². The molecule has 26 heavy (non-hydrogen) atoms. The maximum atomic E-state index is 12.5. The SMILES string of the molecule is CCOC(=O)CC[C@H]1O[C@@H]2OC(C)(C)O[C@@H]2[C@H]1N(C)C(=O)OC(C)(C)C. The van der Waals surface area contributed by atoms with Gasteiger partial charge in [-0.05, 0) is 48.0 Å². The van der Waals surface area contributed by atoms with Crippen LogP contribution in [0.4, 0.5) is 4.79 Å². The monoisotopic (exact) mass is 373 g/mol. The summed E-state index contributed by atoms with van der Waals surface area (Å²) in [6.45, 7) is 11.1. The van der Waals surface area contributed by atoms with Gasteiger partial charge in [-0.2, -0.15) is 0 Å². The third-order valence-corrected chi connectivity index (χ3v) is 4.18. The molecule has 2 aliphatic rings. The highest BCUT2D eigenvalue weighted by atomic mass is 16.8. The first-order chi connectivity index (χ1) is 11.9. The normalized spacial score (nSPS) is 30.0. The first-order valence-corrected chi connectivity index (χ1v) is 9.06. The van der Waals surface area contributed by atoms with Gasteiger partial charge < -0.3 is 28.6 Å². The van der Waals surface area contributed by atoms with Crippen LogP contribution < -0.4 is 0 Å². The Bertz CT molecular complexity index is 528. The number of hydrogen-bond donors (Lipinski definition) is 0. The molecule has 2 aliphatic heterocycles. The van der Waals surface area contributed by atoms with Crippen LogP contribution in [0, 0.1) is 0 Å². The minimum Gasteiger partial charge on any atom is -0.466 e. The van der Waals surface area contributed by atoms with Crippen molar-refractivity contribution in [2.75, 3.05) is 13.7 Å². The molecule has 8 nitrogen and oxygen atoms in total. The molecule has 2 saturated heterocycles. The molecule has 0 aromatic rings. The lowest BCUT2D eigenvalue weighted by Crippen LogP contribution is -2.50. The van der Waals surface area contributed by atoms with Gasteiger partial charge in [-0.25, -0.2) is 4.79 Å². The third-order valence-electron chi connectivity index (χ3n) is 4.18. The Hall–Kier alpha value is -1.38. The van der Waals surface area contributed by atoms with Crippen molar-refractivity contribution in [2.45, 2.75) is 90.3 Å². The summed E-state index contributed by atoms with van der Waals surface area (Å²) < 4.78 is 28.1. The van der Waals surface area contributed by atoms with Crippen molar-refractivity contribution in [1.29, 1.82) is 0 Å². The van der Waals surface area contributed by atoms with E-state index in [1.807, 2.05) is 20.8 Å². The van der Waals surface area contributed by atoms with E-state index in [0.29, 0.717) is 13.0 Å². The van der Waals surface area contributed by atoms with Crippen molar-refractivity contribution < 1.29 is 33.3 Å². The summed E-state index contributed by atoms with van der Waals surface area (Å²) in [6.07, 6.45) is -1.33. The molecule has 0 saturated carbocycles. The molecular formula is C18H31NO7. The van der Waals surface area contributed by atoms with Gasteiger partial charge in [-0.3, -0.25) is 4.79 Å². The second-order valence-corrected chi connectivity index (χ2v) is 8.07. The fourth-order valence-electron chi connectivity index (χ4n) is 3.22. The Morgan fingerprint density at radius 3 is 2.42 bits per heavy atom. The average molecular weight is 373 g/mol. The number of esters is 1. The van der Waals surface area contributed by atoms with Crippen LogP contribution in [0.1, 0.15) is 54.4 Å². The summed E-state index contributed by atoms with van der Waals surface area (Å²) in [6, 6.07) is -0.425.